The molecule has 0 aliphatic heterocycles. The number of para-hydroxylation sites is 1. The lowest BCUT2D eigenvalue weighted by Crippen LogP contribution is -2.20. The Labute approximate surface area is 143 Å². The zero-order valence-electron chi connectivity index (χ0n) is 13.3. The highest BCUT2D eigenvalue weighted by Crippen LogP contribution is 2.17. The van der Waals surface area contributed by atoms with Gasteiger partial charge < -0.3 is 4.74 Å². The normalized spacial score (nSPS) is 10.4. The molecule has 2 aromatic rings. The van der Waals surface area contributed by atoms with E-state index < -0.39 is 16.8 Å². The summed E-state index contributed by atoms with van der Waals surface area (Å²) in [6, 6.07) is 12.5. The first kappa shape index (κ1) is 17.8. The molecule has 8 nitrogen and oxygen atoms in total. The van der Waals surface area contributed by atoms with E-state index in [9.17, 15) is 19.7 Å². The van der Waals surface area contributed by atoms with Crippen molar-refractivity contribution in [3.63, 3.8) is 0 Å². The van der Waals surface area contributed by atoms with Gasteiger partial charge in [-0.3, -0.25) is 14.9 Å². The molecule has 0 heterocycles. The molecule has 8 heteroatoms. The SMILES string of the molecule is COC(=O)c1ccc(/C=N/NC(=O)Cc2ccccc2[N+](=O)[O-])cc1. The van der Waals surface area contributed by atoms with Crippen molar-refractivity contribution in [3.8, 4) is 0 Å². The first-order chi connectivity index (χ1) is 12.0. The van der Waals surface area contributed by atoms with Gasteiger partial charge in [-0.15, -0.1) is 0 Å². The molecule has 0 saturated heterocycles. The van der Waals surface area contributed by atoms with Crippen LogP contribution in [-0.2, 0) is 16.0 Å². The highest BCUT2D eigenvalue weighted by Gasteiger charge is 2.14. The topological polar surface area (TPSA) is 111 Å². The predicted octanol–water partition coefficient (Wildman–Crippen LogP) is 2.07. The third kappa shape index (κ3) is 4.96. The average Bonchev–Trinajstić information content (AvgIpc) is 2.62. The molecule has 0 saturated carbocycles. The summed E-state index contributed by atoms with van der Waals surface area (Å²) < 4.78 is 4.59. The second kappa shape index (κ2) is 8.34. The molecular formula is C17H15N3O5. The van der Waals surface area contributed by atoms with E-state index in [1.807, 2.05) is 0 Å². The van der Waals surface area contributed by atoms with Crippen LogP contribution in [0.15, 0.2) is 53.6 Å². The lowest BCUT2D eigenvalue weighted by Gasteiger charge is -2.02. The molecule has 1 amide bonds. The summed E-state index contributed by atoms with van der Waals surface area (Å²) in [5.74, 6) is -0.919. The van der Waals surface area contributed by atoms with Gasteiger partial charge in [-0.1, -0.05) is 30.3 Å². The van der Waals surface area contributed by atoms with Gasteiger partial charge in [-0.2, -0.15) is 5.10 Å². The summed E-state index contributed by atoms with van der Waals surface area (Å²) >= 11 is 0. The Balaban J connectivity index is 1.95. The molecule has 0 aliphatic rings. The monoisotopic (exact) mass is 341 g/mol. The predicted molar refractivity (Wildman–Crippen MR) is 90.3 cm³/mol. The number of nitro groups is 1. The molecule has 1 N–H and O–H groups in total. The lowest BCUT2D eigenvalue weighted by molar-refractivity contribution is -0.385. The second-order valence-corrected chi connectivity index (χ2v) is 4.97. The molecule has 2 rings (SSSR count). The fourth-order valence-corrected chi connectivity index (χ4v) is 2.05. The van der Waals surface area contributed by atoms with E-state index in [1.165, 1.54) is 31.5 Å². The number of ether oxygens (including phenoxy) is 1. The van der Waals surface area contributed by atoms with Gasteiger partial charge in [0, 0.05) is 11.6 Å². The zero-order chi connectivity index (χ0) is 18.2. The first-order valence-electron chi connectivity index (χ1n) is 7.24. The smallest absolute Gasteiger partial charge is 0.337 e. The summed E-state index contributed by atoms with van der Waals surface area (Å²) in [6.07, 6.45) is 1.24. The van der Waals surface area contributed by atoms with Gasteiger partial charge >= 0.3 is 5.97 Å². The summed E-state index contributed by atoms with van der Waals surface area (Å²) in [5, 5.41) is 14.7. The fourth-order valence-electron chi connectivity index (χ4n) is 2.05. The molecule has 0 bridgehead atoms. The number of nitro benzene ring substituents is 1. The third-order valence-electron chi connectivity index (χ3n) is 3.27. The van der Waals surface area contributed by atoms with Crippen LogP contribution in [0.5, 0.6) is 0 Å². The number of carbonyl (C=O) groups excluding carboxylic acids is 2. The number of nitrogens with one attached hydrogen (secondary N) is 1. The Morgan fingerprint density at radius 1 is 1.20 bits per heavy atom. The lowest BCUT2D eigenvalue weighted by atomic mass is 10.1. The minimum Gasteiger partial charge on any atom is -0.465 e. The number of carbonyl (C=O) groups is 2. The van der Waals surface area contributed by atoms with E-state index in [0.717, 1.165) is 0 Å². The Hall–Kier alpha value is -3.55. The van der Waals surface area contributed by atoms with Crippen LogP contribution in [0.4, 0.5) is 5.69 Å². The molecule has 0 radical (unpaired) electrons. The van der Waals surface area contributed by atoms with Gasteiger partial charge in [0.2, 0.25) is 5.91 Å². The number of benzene rings is 2. The Morgan fingerprint density at radius 3 is 2.52 bits per heavy atom. The second-order valence-electron chi connectivity index (χ2n) is 4.97. The number of methoxy groups -OCH3 is 1. The molecule has 0 fully saturated rings. The van der Waals surface area contributed by atoms with E-state index in [0.29, 0.717) is 16.7 Å². The molecule has 25 heavy (non-hydrogen) atoms. The van der Waals surface area contributed by atoms with E-state index >= 15 is 0 Å². The van der Waals surface area contributed by atoms with Crippen molar-refractivity contribution in [1.29, 1.82) is 0 Å². The van der Waals surface area contributed by atoms with Gasteiger partial charge in [0.1, 0.15) is 0 Å². The van der Waals surface area contributed by atoms with Crippen molar-refractivity contribution in [3.05, 3.63) is 75.3 Å². The molecule has 2 aromatic carbocycles. The largest absolute Gasteiger partial charge is 0.465 e. The molecule has 0 atom stereocenters. The van der Waals surface area contributed by atoms with Crippen LogP contribution >= 0.6 is 0 Å². The molecule has 0 spiro atoms. The third-order valence-corrected chi connectivity index (χ3v) is 3.27. The number of nitrogens with zero attached hydrogens (tertiary/aromatic N) is 2. The van der Waals surface area contributed by atoms with Crippen molar-refractivity contribution < 1.29 is 19.2 Å². The number of hydrazone groups is 1. The van der Waals surface area contributed by atoms with Crippen LogP contribution in [0, 0.1) is 10.1 Å². The highest BCUT2D eigenvalue weighted by molar-refractivity contribution is 5.90. The van der Waals surface area contributed by atoms with E-state index in [-0.39, 0.29) is 12.1 Å². The van der Waals surface area contributed by atoms with E-state index in [2.05, 4.69) is 15.3 Å². The van der Waals surface area contributed by atoms with Crippen molar-refractivity contribution >= 4 is 23.8 Å². The maximum atomic E-state index is 11.9. The highest BCUT2D eigenvalue weighted by atomic mass is 16.6. The van der Waals surface area contributed by atoms with Crippen molar-refractivity contribution in [1.82, 2.24) is 5.43 Å². The van der Waals surface area contributed by atoms with Crippen molar-refractivity contribution in [2.45, 2.75) is 6.42 Å². The molecule has 0 unspecified atom stereocenters. The van der Waals surface area contributed by atoms with Gasteiger partial charge in [0.25, 0.3) is 5.69 Å². The number of hydrogen-bond donors (Lipinski definition) is 1. The summed E-state index contributed by atoms with van der Waals surface area (Å²) in [6.45, 7) is 0. The van der Waals surface area contributed by atoms with Gasteiger partial charge in [-0.25, -0.2) is 10.2 Å². The fraction of sp³-hybridized carbons (Fsp3) is 0.118. The summed E-state index contributed by atoms with van der Waals surface area (Å²) in [7, 11) is 1.30. The van der Waals surface area contributed by atoms with Gasteiger partial charge in [0.05, 0.1) is 30.2 Å². The van der Waals surface area contributed by atoms with Crippen LogP contribution in [0.25, 0.3) is 0 Å². The molecule has 0 aliphatic carbocycles. The van der Waals surface area contributed by atoms with Crippen LogP contribution in [0.3, 0.4) is 0 Å². The van der Waals surface area contributed by atoms with Crippen LogP contribution in [0.2, 0.25) is 0 Å². The van der Waals surface area contributed by atoms with Crippen LogP contribution in [-0.4, -0.2) is 30.1 Å². The Morgan fingerprint density at radius 2 is 1.88 bits per heavy atom. The first-order valence-corrected chi connectivity index (χ1v) is 7.24. The Kier molecular flexibility index (Phi) is 5.94. The number of hydrogen-bond acceptors (Lipinski definition) is 6. The Bertz CT molecular complexity index is 815. The minimum absolute atomic E-state index is 0.111. The number of esters is 1. The maximum absolute atomic E-state index is 11.9. The number of amides is 1. The van der Waals surface area contributed by atoms with E-state index in [4.69, 9.17) is 0 Å². The van der Waals surface area contributed by atoms with Crippen LogP contribution < -0.4 is 5.43 Å². The van der Waals surface area contributed by atoms with Crippen molar-refractivity contribution in [2.75, 3.05) is 7.11 Å². The summed E-state index contributed by atoms with van der Waals surface area (Å²) in [5.41, 5.74) is 3.58. The summed E-state index contributed by atoms with van der Waals surface area (Å²) in [4.78, 5) is 33.5. The standard InChI is InChI=1S/C17H15N3O5/c1-25-17(22)13-8-6-12(7-9-13)11-18-19-16(21)10-14-4-2-3-5-15(14)20(23)24/h2-9,11H,10H2,1H3,(H,19,21)/b18-11+. The van der Waals surface area contributed by atoms with Gasteiger partial charge in [0.15, 0.2) is 0 Å². The zero-order valence-corrected chi connectivity index (χ0v) is 13.3. The van der Waals surface area contributed by atoms with Crippen molar-refractivity contribution in [2.24, 2.45) is 5.10 Å². The number of rotatable bonds is 6. The molecule has 128 valence electrons. The average molecular weight is 341 g/mol. The van der Waals surface area contributed by atoms with Crippen LogP contribution in [0.1, 0.15) is 21.5 Å². The van der Waals surface area contributed by atoms with E-state index in [1.54, 1.807) is 30.3 Å². The molecular weight excluding hydrogens is 326 g/mol. The van der Waals surface area contributed by atoms with Gasteiger partial charge in [-0.05, 0) is 17.7 Å². The maximum Gasteiger partial charge on any atom is 0.337 e. The minimum atomic E-state index is -0.533. The quantitative estimate of drug-likeness (QED) is 0.374. The molecule has 0 aromatic heterocycles.